The van der Waals surface area contributed by atoms with Gasteiger partial charge in [0.2, 0.25) is 0 Å². The predicted molar refractivity (Wildman–Crippen MR) is 73.4 cm³/mol. The van der Waals surface area contributed by atoms with Gasteiger partial charge in [0, 0.05) is 0 Å². The van der Waals surface area contributed by atoms with E-state index in [1.807, 2.05) is 4.68 Å². The number of nitrogens with zero attached hydrogens (tertiary/aromatic N) is 3. The summed E-state index contributed by atoms with van der Waals surface area (Å²) in [4.78, 5) is 0. The van der Waals surface area contributed by atoms with Gasteiger partial charge in [0.1, 0.15) is 0 Å². The Labute approximate surface area is 108 Å². The molecule has 0 bridgehead atoms. The lowest BCUT2D eigenvalue weighted by molar-refractivity contribution is 0.622. The first-order valence-electron chi connectivity index (χ1n) is 6.38. The first-order valence-corrected chi connectivity index (χ1v) is 6.38. The second kappa shape index (κ2) is 5.21. The maximum atomic E-state index is 5.77. The highest BCUT2D eigenvalue weighted by Gasteiger charge is 2.08. The second-order valence-corrected chi connectivity index (χ2v) is 4.83. The lowest BCUT2D eigenvalue weighted by atomic mass is 10.0. The van der Waals surface area contributed by atoms with Gasteiger partial charge in [-0.25, -0.2) is 4.68 Å². The van der Waals surface area contributed by atoms with Gasteiger partial charge in [0.25, 0.3) is 0 Å². The van der Waals surface area contributed by atoms with E-state index in [4.69, 9.17) is 5.73 Å². The largest absolute Gasteiger partial charge is 0.381 e. The Morgan fingerprint density at radius 2 is 1.89 bits per heavy atom. The molecule has 0 fully saturated rings. The molecular formula is C14H20N4. The predicted octanol–water partition coefficient (Wildman–Crippen LogP) is 2.59. The quantitative estimate of drug-likeness (QED) is 0.899. The minimum atomic E-state index is 0.538. The molecule has 1 heterocycles. The molecule has 0 saturated carbocycles. The van der Waals surface area contributed by atoms with E-state index in [1.54, 1.807) is 0 Å². The van der Waals surface area contributed by atoms with Crippen LogP contribution in [0.3, 0.4) is 0 Å². The highest BCUT2D eigenvalue weighted by atomic mass is 15.4. The van der Waals surface area contributed by atoms with Gasteiger partial charge in [0.15, 0.2) is 5.82 Å². The number of nitrogen functional groups attached to an aromatic ring is 1. The van der Waals surface area contributed by atoms with Crippen molar-refractivity contribution in [2.45, 2.75) is 39.7 Å². The fraction of sp³-hybridized carbons (Fsp3) is 0.429. The lowest BCUT2D eigenvalue weighted by Gasteiger charge is -2.08. The fourth-order valence-corrected chi connectivity index (χ4v) is 2.02. The Bertz CT molecular complexity index is 511. The topological polar surface area (TPSA) is 56.7 Å². The number of nitrogens with two attached hydrogens (primary N) is 1. The molecule has 0 amide bonds. The molecule has 0 spiro atoms. The van der Waals surface area contributed by atoms with Gasteiger partial charge in [-0.1, -0.05) is 50.3 Å². The maximum Gasteiger partial charge on any atom is 0.169 e. The van der Waals surface area contributed by atoms with Crippen LogP contribution >= 0.6 is 0 Å². The average molecular weight is 244 g/mol. The molecule has 1 aromatic carbocycles. The van der Waals surface area contributed by atoms with Gasteiger partial charge in [0.05, 0.1) is 12.2 Å². The molecule has 0 radical (unpaired) electrons. The van der Waals surface area contributed by atoms with Crippen LogP contribution in [0, 0.1) is 0 Å². The summed E-state index contributed by atoms with van der Waals surface area (Å²) in [5.41, 5.74) is 9.35. The van der Waals surface area contributed by atoms with Crippen molar-refractivity contribution in [3.63, 3.8) is 0 Å². The molecule has 1 aromatic heterocycles. The summed E-state index contributed by atoms with van der Waals surface area (Å²) in [6.45, 7) is 7.18. The fourth-order valence-electron chi connectivity index (χ4n) is 2.02. The van der Waals surface area contributed by atoms with E-state index >= 15 is 0 Å². The molecule has 2 aromatic rings. The molecule has 96 valence electrons. The first-order chi connectivity index (χ1) is 8.61. The summed E-state index contributed by atoms with van der Waals surface area (Å²) < 4.78 is 1.87. The Hall–Kier alpha value is -1.84. The van der Waals surface area contributed by atoms with Crippen molar-refractivity contribution in [2.24, 2.45) is 0 Å². The smallest absolute Gasteiger partial charge is 0.169 e. The standard InChI is InChI=1S/C14H20N4/c1-4-13-14(15)16-17-18(13)9-11-5-7-12(8-6-11)10(2)3/h5-8,10H,4,9,15H2,1-3H3. The van der Waals surface area contributed by atoms with Crippen LogP contribution in [0.5, 0.6) is 0 Å². The molecule has 4 heteroatoms. The van der Waals surface area contributed by atoms with E-state index in [1.165, 1.54) is 11.1 Å². The van der Waals surface area contributed by atoms with Gasteiger partial charge in [-0.15, -0.1) is 5.10 Å². The number of benzene rings is 1. The average Bonchev–Trinajstić information content (AvgIpc) is 2.70. The summed E-state index contributed by atoms with van der Waals surface area (Å²) in [6.07, 6.45) is 0.850. The maximum absolute atomic E-state index is 5.77. The zero-order valence-corrected chi connectivity index (χ0v) is 11.2. The minimum Gasteiger partial charge on any atom is -0.381 e. The summed E-state index contributed by atoms with van der Waals surface area (Å²) in [7, 11) is 0. The van der Waals surface area contributed by atoms with Crippen LogP contribution in [0.4, 0.5) is 5.82 Å². The zero-order chi connectivity index (χ0) is 13.1. The van der Waals surface area contributed by atoms with Gasteiger partial charge in [-0.05, 0) is 23.5 Å². The molecule has 18 heavy (non-hydrogen) atoms. The van der Waals surface area contributed by atoms with Crippen LogP contribution in [0.2, 0.25) is 0 Å². The van der Waals surface area contributed by atoms with Crippen molar-refractivity contribution in [2.75, 3.05) is 5.73 Å². The summed E-state index contributed by atoms with van der Waals surface area (Å²) in [6, 6.07) is 8.64. The number of aromatic nitrogens is 3. The normalized spacial score (nSPS) is 11.1. The summed E-state index contributed by atoms with van der Waals surface area (Å²) in [5.74, 6) is 1.10. The van der Waals surface area contributed by atoms with Crippen molar-refractivity contribution in [3.8, 4) is 0 Å². The molecule has 2 N–H and O–H groups in total. The lowest BCUT2D eigenvalue weighted by Crippen LogP contribution is -2.06. The van der Waals surface area contributed by atoms with Gasteiger partial charge in [-0.2, -0.15) is 0 Å². The van der Waals surface area contributed by atoms with E-state index < -0.39 is 0 Å². The third-order valence-corrected chi connectivity index (χ3v) is 3.18. The summed E-state index contributed by atoms with van der Waals surface area (Å²) >= 11 is 0. The van der Waals surface area contributed by atoms with Crippen molar-refractivity contribution >= 4 is 5.82 Å². The van der Waals surface area contributed by atoms with Gasteiger partial charge >= 0.3 is 0 Å². The Morgan fingerprint density at radius 1 is 1.22 bits per heavy atom. The third-order valence-electron chi connectivity index (χ3n) is 3.18. The van der Waals surface area contributed by atoms with Crippen LogP contribution < -0.4 is 5.73 Å². The third kappa shape index (κ3) is 2.53. The molecule has 0 aliphatic heterocycles. The van der Waals surface area contributed by atoms with Gasteiger partial charge in [-0.3, -0.25) is 0 Å². The number of rotatable bonds is 4. The molecule has 4 nitrogen and oxygen atoms in total. The van der Waals surface area contributed by atoms with Crippen molar-refractivity contribution in [1.29, 1.82) is 0 Å². The van der Waals surface area contributed by atoms with Crippen molar-refractivity contribution in [1.82, 2.24) is 15.0 Å². The molecular weight excluding hydrogens is 224 g/mol. The van der Waals surface area contributed by atoms with Crippen LogP contribution in [0.1, 0.15) is 43.5 Å². The Morgan fingerprint density at radius 3 is 2.44 bits per heavy atom. The van der Waals surface area contributed by atoms with E-state index in [0.717, 1.165) is 18.7 Å². The second-order valence-electron chi connectivity index (χ2n) is 4.83. The van der Waals surface area contributed by atoms with E-state index in [0.29, 0.717) is 11.7 Å². The number of anilines is 1. The number of hydrogen-bond donors (Lipinski definition) is 1. The zero-order valence-electron chi connectivity index (χ0n) is 11.2. The highest BCUT2D eigenvalue weighted by Crippen LogP contribution is 2.16. The van der Waals surface area contributed by atoms with E-state index in [9.17, 15) is 0 Å². The Kier molecular flexibility index (Phi) is 3.65. The molecule has 0 saturated heterocycles. The molecule has 0 aliphatic rings. The van der Waals surface area contributed by atoms with Crippen LogP contribution in [0.15, 0.2) is 24.3 Å². The highest BCUT2D eigenvalue weighted by molar-refractivity contribution is 5.33. The van der Waals surface area contributed by atoms with Crippen LogP contribution in [0.25, 0.3) is 0 Å². The van der Waals surface area contributed by atoms with Gasteiger partial charge < -0.3 is 5.73 Å². The molecule has 0 aliphatic carbocycles. The number of hydrogen-bond acceptors (Lipinski definition) is 3. The van der Waals surface area contributed by atoms with Crippen molar-refractivity contribution in [3.05, 3.63) is 41.1 Å². The first kappa shape index (κ1) is 12.6. The van der Waals surface area contributed by atoms with Crippen molar-refractivity contribution < 1.29 is 0 Å². The van der Waals surface area contributed by atoms with Crippen LogP contribution in [-0.4, -0.2) is 15.0 Å². The van der Waals surface area contributed by atoms with E-state index in [2.05, 4.69) is 55.3 Å². The monoisotopic (exact) mass is 244 g/mol. The molecule has 0 atom stereocenters. The van der Waals surface area contributed by atoms with E-state index in [-0.39, 0.29) is 0 Å². The SMILES string of the molecule is CCc1c(N)nnn1Cc1ccc(C(C)C)cc1. The summed E-state index contributed by atoms with van der Waals surface area (Å²) in [5, 5.41) is 8.00. The Balaban J connectivity index is 2.18. The minimum absolute atomic E-state index is 0.538. The molecule has 0 unspecified atom stereocenters. The van der Waals surface area contributed by atoms with Crippen LogP contribution in [-0.2, 0) is 13.0 Å². The molecule has 2 rings (SSSR count).